The van der Waals surface area contributed by atoms with Crippen molar-refractivity contribution in [3.05, 3.63) is 29.8 Å². The van der Waals surface area contributed by atoms with E-state index in [9.17, 15) is 13.2 Å². The number of hydrogen-bond acceptors (Lipinski definition) is 3. The molecule has 1 amide bonds. The summed E-state index contributed by atoms with van der Waals surface area (Å²) in [6, 6.07) is 7.14. The smallest absolute Gasteiger partial charge is 0.240 e. The maximum Gasteiger partial charge on any atom is 0.240 e. The van der Waals surface area contributed by atoms with Gasteiger partial charge in [0.1, 0.15) is 0 Å². The molecule has 0 aromatic heterocycles. The van der Waals surface area contributed by atoms with Gasteiger partial charge in [-0.25, -0.2) is 13.1 Å². The van der Waals surface area contributed by atoms with E-state index in [1.54, 1.807) is 24.3 Å². The van der Waals surface area contributed by atoms with E-state index < -0.39 is 10.0 Å². The molecule has 26 heavy (non-hydrogen) atoms. The van der Waals surface area contributed by atoms with E-state index in [4.69, 9.17) is 0 Å². The Bertz CT molecular complexity index is 665. The summed E-state index contributed by atoms with van der Waals surface area (Å²) in [5, 5.41) is 2.99. The van der Waals surface area contributed by atoms with Gasteiger partial charge in [-0.2, -0.15) is 0 Å². The summed E-state index contributed by atoms with van der Waals surface area (Å²) >= 11 is 0. The van der Waals surface area contributed by atoms with Crippen LogP contribution in [0.3, 0.4) is 0 Å². The van der Waals surface area contributed by atoms with E-state index in [2.05, 4.69) is 17.0 Å². The molecule has 1 saturated carbocycles. The summed E-state index contributed by atoms with van der Waals surface area (Å²) in [5.74, 6) is 0.0432. The van der Waals surface area contributed by atoms with E-state index in [-0.39, 0.29) is 18.0 Å². The van der Waals surface area contributed by atoms with Crippen molar-refractivity contribution >= 4 is 15.9 Å². The van der Waals surface area contributed by atoms with Gasteiger partial charge in [0.2, 0.25) is 15.9 Å². The second-order valence-electron chi connectivity index (χ2n) is 7.36. The summed E-state index contributed by atoms with van der Waals surface area (Å²) in [7, 11) is -3.46. The van der Waals surface area contributed by atoms with Crippen molar-refractivity contribution in [1.82, 2.24) is 10.0 Å². The number of amides is 1. The minimum Gasteiger partial charge on any atom is -0.354 e. The predicted molar refractivity (Wildman–Crippen MR) is 104 cm³/mol. The molecule has 1 aliphatic carbocycles. The first-order valence-electron chi connectivity index (χ1n) is 9.81. The van der Waals surface area contributed by atoms with Crippen molar-refractivity contribution in [2.24, 2.45) is 0 Å². The fourth-order valence-corrected chi connectivity index (χ4v) is 4.76. The summed E-state index contributed by atoms with van der Waals surface area (Å²) in [5.41, 5.74) is 0.972. The first kappa shape index (κ1) is 20.9. The van der Waals surface area contributed by atoms with Gasteiger partial charge in [-0.1, -0.05) is 44.7 Å². The third kappa shape index (κ3) is 6.72. The molecule has 146 valence electrons. The minimum atomic E-state index is -3.46. The Labute approximate surface area is 158 Å². The highest BCUT2D eigenvalue weighted by Crippen LogP contribution is 2.20. The summed E-state index contributed by atoms with van der Waals surface area (Å²) in [4.78, 5) is 12.2. The Kier molecular flexibility index (Phi) is 8.10. The third-order valence-electron chi connectivity index (χ3n) is 4.93. The van der Waals surface area contributed by atoms with Crippen LogP contribution in [0.2, 0.25) is 0 Å². The lowest BCUT2D eigenvalue weighted by Gasteiger charge is -2.22. The molecule has 1 aromatic carbocycles. The Morgan fingerprint density at radius 3 is 2.42 bits per heavy atom. The SMILES string of the molecule is CCC[C@H](C)NC(=O)CCc1ccc(S(=O)(=O)NC2CCCCC2)cc1. The van der Waals surface area contributed by atoms with E-state index >= 15 is 0 Å². The van der Waals surface area contributed by atoms with Crippen molar-refractivity contribution in [2.45, 2.75) is 88.6 Å². The number of nitrogens with one attached hydrogen (secondary N) is 2. The molecule has 1 aliphatic rings. The van der Waals surface area contributed by atoms with Crippen molar-refractivity contribution in [2.75, 3.05) is 0 Å². The standard InChI is InChI=1S/C20H32N2O3S/c1-3-7-16(2)21-20(23)15-12-17-10-13-19(14-11-17)26(24,25)22-18-8-5-4-6-9-18/h10-11,13-14,16,18,22H,3-9,12,15H2,1-2H3,(H,21,23)/t16-/m0/s1. The van der Waals surface area contributed by atoms with Crippen LogP contribution in [0.15, 0.2) is 29.2 Å². The molecule has 2 N–H and O–H groups in total. The molecule has 1 fully saturated rings. The van der Waals surface area contributed by atoms with Gasteiger partial charge in [-0.3, -0.25) is 4.79 Å². The molecule has 0 unspecified atom stereocenters. The van der Waals surface area contributed by atoms with Crippen molar-refractivity contribution < 1.29 is 13.2 Å². The molecule has 0 aliphatic heterocycles. The van der Waals surface area contributed by atoms with Crippen LogP contribution in [0.5, 0.6) is 0 Å². The van der Waals surface area contributed by atoms with E-state index in [0.717, 1.165) is 44.1 Å². The molecule has 5 nitrogen and oxygen atoms in total. The fraction of sp³-hybridized carbons (Fsp3) is 0.650. The highest BCUT2D eigenvalue weighted by atomic mass is 32.2. The average Bonchev–Trinajstić information content (AvgIpc) is 2.61. The normalized spacial score (nSPS) is 17.0. The lowest BCUT2D eigenvalue weighted by atomic mass is 9.96. The van der Waals surface area contributed by atoms with Crippen LogP contribution in [0.25, 0.3) is 0 Å². The molecular weight excluding hydrogens is 348 g/mol. The first-order valence-corrected chi connectivity index (χ1v) is 11.3. The number of hydrogen-bond donors (Lipinski definition) is 2. The van der Waals surface area contributed by atoms with Crippen LogP contribution in [-0.2, 0) is 21.2 Å². The largest absolute Gasteiger partial charge is 0.354 e. The van der Waals surface area contributed by atoms with Crippen molar-refractivity contribution in [3.8, 4) is 0 Å². The zero-order valence-electron chi connectivity index (χ0n) is 16.0. The second-order valence-corrected chi connectivity index (χ2v) is 9.07. The Balaban J connectivity index is 1.86. The number of benzene rings is 1. The number of sulfonamides is 1. The number of carbonyl (C=O) groups excluding carboxylic acids is 1. The van der Waals surface area contributed by atoms with Crippen LogP contribution in [0.4, 0.5) is 0 Å². The number of rotatable bonds is 9. The van der Waals surface area contributed by atoms with Gasteiger partial charge in [0, 0.05) is 18.5 Å². The van der Waals surface area contributed by atoms with Crippen LogP contribution in [0, 0.1) is 0 Å². The summed E-state index contributed by atoms with van der Waals surface area (Å²) < 4.78 is 27.8. The van der Waals surface area contributed by atoms with Crippen LogP contribution in [0.1, 0.15) is 70.8 Å². The molecule has 0 spiro atoms. The Morgan fingerprint density at radius 2 is 1.81 bits per heavy atom. The monoisotopic (exact) mass is 380 g/mol. The molecule has 2 rings (SSSR count). The van der Waals surface area contributed by atoms with Gasteiger partial charge in [0.05, 0.1) is 4.90 Å². The van der Waals surface area contributed by atoms with Crippen LogP contribution < -0.4 is 10.0 Å². The summed E-state index contributed by atoms with van der Waals surface area (Å²) in [6.07, 6.45) is 8.26. The van der Waals surface area contributed by atoms with E-state index in [1.165, 1.54) is 6.42 Å². The zero-order valence-corrected chi connectivity index (χ0v) is 16.8. The second kappa shape index (κ2) is 10.1. The Hall–Kier alpha value is -1.40. The van der Waals surface area contributed by atoms with Gasteiger partial charge in [-0.05, 0) is 50.3 Å². The van der Waals surface area contributed by atoms with Gasteiger partial charge < -0.3 is 5.32 Å². The summed E-state index contributed by atoms with van der Waals surface area (Å²) in [6.45, 7) is 4.11. The highest BCUT2D eigenvalue weighted by molar-refractivity contribution is 7.89. The van der Waals surface area contributed by atoms with E-state index in [0.29, 0.717) is 17.7 Å². The quantitative estimate of drug-likeness (QED) is 0.688. The molecule has 0 bridgehead atoms. The van der Waals surface area contributed by atoms with Gasteiger partial charge in [0.15, 0.2) is 0 Å². The van der Waals surface area contributed by atoms with Gasteiger partial charge in [-0.15, -0.1) is 0 Å². The lowest BCUT2D eigenvalue weighted by molar-refractivity contribution is -0.121. The van der Waals surface area contributed by atoms with Crippen molar-refractivity contribution in [3.63, 3.8) is 0 Å². The van der Waals surface area contributed by atoms with Crippen molar-refractivity contribution in [1.29, 1.82) is 0 Å². The Morgan fingerprint density at radius 1 is 1.15 bits per heavy atom. The lowest BCUT2D eigenvalue weighted by Crippen LogP contribution is -2.36. The molecule has 0 radical (unpaired) electrons. The molecule has 1 aromatic rings. The maximum absolute atomic E-state index is 12.5. The van der Waals surface area contributed by atoms with E-state index in [1.807, 2.05) is 6.92 Å². The number of carbonyl (C=O) groups is 1. The minimum absolute atomic E-state index is 0.0432. The molecule has 1 atom stereocenters. The average molecular weight is 381 g/mol. The zero-order chi connectivity index (χ0) is 19.0. The highest BCUT2D eigenvalue weighted by Gasteiger charge is 2.21. The number of aryl methyl sites for hydroxylation is 1. The maximum atomic E-state index is 12.5. The van der Waals surface area contributed by atoms with Crippen LogP contribution >= 0.6 is 0 Å². The molecular formula is C20H32N2O3S. The molecule has 6 heteroatoms. The van der Waals surface area contributed by atoms with Gasteiger partial charge in [0.25, 0.3) is 0 Å². The fourth-order valence-electron chi connectivity index (χ4n) is 3.45. The third-order valence-corrected chi connectivity index (χ3v) is 6.47. The van der Waals surface area contributed by atoms with Gasteiger partial charge >= 0.3 is 0 Å². The van der Waals surface area contributed by atoms with Crippen LogP contribution in [-0.4, -0.2) is 26.4 Å². The topological polar surface area (TPSA) is 75.3 Å². The predicted octanol–water partition coefficient (Wildman–Crippen LogP) is 3.54. The first-order chi connectivity index (χ1) is 12.4. The molecule has 0 heterocycles. The molecule has 0 saturated heterocycles.